The van der Waals surface area contributed by atoms with Crippen molar-refractivity contribution in [3.05, 3.63) is 74.4 Å². The molecule has 1 aliphatic rings. The average molecular weight is 454 g/mol. The molecule has 1 aliphatic heterocycles. The Morgan fingerprint density at radius 3 is 2.48 bits per heavy atom. The molecule has 1 fully saturated rings. The average Bonchev–Trinajstić information content (AvgIpc) is 3.49. The van der Waals surface area contributed by atoms with Crippen molar-refractivity contribution in [2.45, 2.75) is 32.2 Å². The number of amides is 2. The van der Waals surface area contributed by atoms with Crippen LogP contribution in [0.5, 0.6) is 0 Å². The van der Waals surface area contributed by atoms with Crippen LogP contribution in [-0.4, -0.2) is 52.8 Å². The van der Waals surface area contributed by atoms with E-state index in [1.807, 2.05) is 64.9 Å². The van der Waals surface area contributed by atoms with Gasteiger partial charge in [0.25, 0.3) is 11.8 Å². The summed E-state index contributed by atoms with van der Waals surface area (Å²) < 4.78 is 0. The van der Waals surface area contributed by atoms with Crippen molar-refractivity contribution in [2.24, 2.45) is 5.92 Å². The third-order valence-corrected chi connectivity index (χ3v) is 7.68. The molecule has 7 heteroatoms. The highest BCUT2D eigenvalue weighted by Gasteiger charge is 2.33. The van der Waals surface area contributed by atoms with Crippen molar-refractivity contribution in [1.29, 1.82) is 0 Å². The molecular formula is C24H27N3O2S2. The summed E-state index contributed by atoms with van der Waals surface area (Å²) in [4.78, 5) is 34.8. The Balaban J connectivity index is 1.48. The number of benzene rings is 1. The summed E-state index contributed by atoms with van der Waals surface area (Å²) in [6, 6.07) is 14.3. The van der Waals surface area contributed by atoms with Crippen molar-refractivity contribution < 1.29 is 9.59 Å². The standard InChI is InChI=1S/C24H27N3O2S2/c1-17-25-20(16-31-17)23(28)27-12-10-19(11-13-27)21(15-18-7-4-3-5-8-18)26(2)24(29)22-9-6-14-30-22/h3-9,14,16,19,21H,10-13,15H2,1-2H3/t21-/m0/s1. The molecule has 0 radical (unpaired) electrons. The smallest absolute Gasteiger partial charge is 0.273 e. The van der Waals surface area contributed by atoms with Crippen LogP contribution < -0.4 is 0 Å². The fourth-order valence-electron chi connectivity index (χ4n) is 4.31. The van der Waals surface area contributed by atoms with Crippen LogP contribution >= 0.6 is 22.7 Å². The van der Waals surface area contributed by atoms with E-state index in [-0.39, 0.29) is 17.9 Å². The summed E-state index contributed by atoms with van der Waals surface area (Å²) in [7, 11) is 1.92. The van der Waals surface area contributed by atoms with E-state index in [1.165, 1.54) is 28.2 Å². The van der Waals surface area contributed by atoms with E-state index in [0.717, 1.165) is 29.1 Å². The molecule has 1 aromatic carbocycles. The van der Waals surface area contributed by atoms with Gasteiger partial charge in [0, 0.05) is 31.6 Å². The van der Waals surface area contributed by atoms with Crippen LogP contribution in [0.25, 0.3) is 0 Å². The number of likely N-dealkylation sites (tertiary alicyclic amines) is 1. The number of rotatable bonds is 6. The highest BCUT2D eigenvalue weighted by Crippen LogP contribution is 2.28. The van der Waals surface area contributed by atoms with Crippen LogP contribution in [0.4, 0.5) is 0 Å². The number of hydrogen-bond donors (Lipinski definition) is 0. The molecule has 162 valence electrons. The molecule has 2 aromatic heterocycles. The second-order valence-corrected chi connectivity index (χ2v) is 10.0. The van der Waals surface area contributed by atoms with Crippen LogP contribution in [-0.2, 0) is 6.42 Å². The van der Waals surface area contributed by atoms with Gasteiger partial charge in [0.1, 0.15) is 5.69 Å². The predicted molar refractivity (Wildman–Crippen MR) is 126 cm³/mol. The molecule has 1 saturated heterocycles. The molecular weight excluding hydrogens is 426 g/mol. The number of thiazole rings is 1. The first kappa shape index (κ1) is 21.7. The second-order valence-electron chi connectivity index (χ2n) is 8.03. The molecule has 0 aliphatic carbocycles. The lowest BCUT2D eigenvalue weighted by Crippen LogP contribution is -2.48. The third kappa shape index (κ3) is 5.05. The number of aryl methyl sites for hydroxylation is 1. The van der Waals surface area contributed by atoms with Gasteiger partial charge in [0.15, 0.2) is 0 Å². The molecule has 0 bridgehead atoms. The fourth-order valence-corrected chi connectivity index (χ4v) is 5.60. The molecule has 0 spiro atoms. The summed E-state index contributed by atoms with van der Waals surface area (Å²) in [6.45, 7) is 3.32. The zero-order valence-electron chi connectivity index (χ0n) is 17.9. The zero-order valence-corrected chi connectivity index (χ0v) is 19.5. The maximum absolute atomic E-state index is 13.1. The lowest BCUT2D eigenvalue weighted by molar-refractivity contribution is 0.0522. The molecule has 31 heavy (non-hydrogen) atoms. The van der Waals surface area contributed by atoms with Crippen LogP contribution in [0.3, 0.4) is 0 Å². The number of aromatic nitrogens is 1. The lowest BCUT2D eigenvalue weighted by Gasteiger charge is -2.40. The number of likely N-dealkylation sites (N-methyl/N-ethyl adjacent to an activating group) is 1. The summed E-state index contributed by atoms with van der Waals surface area (Å²) >= 11 is 2.99. The molecule has 2 amide bonds. The number of thiophene rings is 1. The SMILES string of the molecule is Cc1nc(C(=O)N2CCC([C@H](Cc3ccccc3)N(C)C(=O)c3cccs3)CC2)cs1. The van der Waals surface area contributed by atoms with Gasteiger partial charge < -0.3 is 9.80 Å². The number of carbonyl (C=O) groups excluding carboxylic acids is 2. The quantitative estimate of drug-likeness (QED) is 0.541. The van der Waals surface area contributed by atoms with E-state index in [0.29, 0.717) is 24.7 Å². The first-order valence-corrected chi connectivity index (χ1v) is 12.3. The van der Waals surface area contributed by atoms with Gasteiger partial charge in [-0.3, -0.25) is 9.59 Å². The summed E-state index contributed by atoms with van der Waals surface area (Å²) in [5, 5.41) is 4.70. The van der Waals surface area contributed by atoms with Gasteiger partial charge in [-0.25, -0.2) is 4.98 Å². The van der Waals surface area contributed by atoms with Crippen molar-refractivity contribution >= 4 is 34.5 Å². The fraction of sp³-hybridized carbons (Fsp3) is 0.375. The van der Waals surface area contributed by atoms with Gasteiger partial charge in [-0.1, -0.05) is 36.4 Å². The number of carbonyl (C=O) groups is 2. The highest BCUT2D eigenvalue weighted by atomic mass is 32.1. The topological polar surface area (TPSA) is 53.5 Å². The van der Waals surface area contributed by atoms with Crippen molar-refractivity contribution in [1.82, 2.24) is 14.8 Å². The van der Waals surface area contributed by atoms with E-state index >= 15 is 0 Å². The van der Waals surface area contributed by atoms with E-state index in [2.05, 4.69) is 17.1 Å². The maximum Gasteiger partial charge on any atom is 0.273 e. The zero-order chi connectivity index (χ0) is 21.8. The van der Waals surface area contributed by atoms with Crippen molar-refractivity contribution in [3.63, 3.8) is 0 Å². The number of nitrogens with zero attached hydrogens (tertiary/aromatic N) is 3. The third-order valence-electron chi connectivity index (χ3n) is 6.05. The largest absolute Gasteiger partial charge is 0.337 e. The number of piperidine rings is 1. The molecule has 0 unspecified atom stereocenters. The van der Waals surface area contributed by atoms with Crippen LogP contribution in [0.2, 0.25) is 0 Å². The summed E-state index contributed by atoms with van der Waals surface area (Å²) in [5.41, 5.74) is 1.78. The molecule has 0 saturated carbocycles. The minimum atomic E-state index is 0.0189. The second kappa shape index (κ2) is 9.75. The number of hydrogen-bond acceptors (Lipinski definition) is 5. The van der Waals surface area contributed by atoms with E-state index < -0.39 is 0 Å². The first-order chi connectivity index (χ1) is 15.0. The predicted octanol–water partition coefficient (Wildman–Crippen LogP) is 4.75. The Kier molecular flexibility index (Phi) is 6.83. The minimum Gasteiger partial charge on any atom is -0.337 e. The Bertz CT molecular complexity index is 1010. The lowest BCUT2D eigenvalue weighted by atomic mass is 9.84. The normalized spacial score (nSPS) is 15.6. The monoisotopic (exact) mass is 453 g/mol. The van der Waals surface area contributed by atoms with Gasteiger partial charge in [-0.2, -0.15) is 0 Å². The molecule has 0 N–H and O–H groups in total. The Labute approximate surface area is 191 Å². The Morgan fingerprint density at radius 2 is 1.87 bits per heavy atom. The maximum atomic E-state index is 13.1. The van der Waals surface area contributed by atoms with Gasteiger partial charge in [-0.05, 0) is 49.1 Å². The van der Waals surface area contributed by atoms with E-state index in [4.69, 9.17) is 0 Å². The van der Waals surface area contributed by atoms with Crippen LogP contribution in [0, 0.1) is 12.8 Å². The minimum absolute atomic E-state index is 0.0189. The molecule has 3 heterocycles. The molecule has 5 nitrogen and oxygen atoms in total. The first-order valence-electron chi connectivity index (χ1n) is 10.6. The van der Waals surface area contributed by atoms with Crippen LogP contribution in [0.15, 0.2) is 53.2 Å². The van der Waals surface area contributed by atoms with Crippen molar-refractivity contribution in [2.75, 3.05) is 20.1 Å². The van der Waals surface area contributed by atoms with E-state index in [9.17, 15) is 9.59 Å². The summed E-state index contributed by atoms with van der Waals surface area (Å²) in [5.74, 6) is 0.438. The van der Waals surface area contributed by atoms with Gasteiger partial charge >= 0.3 is 0 Å². The van der Waals surface area contributed by atoms with Crippen LogP contribution in [0.1, 0.15) is 43.6 Å². The Morgan fingerprint density at radius 1 is 1.13 bits per heavy atom. The van der Waals surface area contributed by atoms with Gasteiger partial charge in [-0.15, -0.1) is 22.7 Å². The van der Waals surface area contributed by atoms with Gasteiger partial charge in [0.05, 0.1) is 9.88 Å². The molecule has 4 rings (SSSR count). The molecule has 3 aromatic rings. The highest BCUT2D eigenvalue weighted by molar-refractivity contribution is 7.12. The molecule has 1 atom stereocenters. The van der Waals surface area contributed by atoms with Gasteiger partial charge in [0.2, 0.25) is 0 Å². The van der Waals surface area contributed by atoms with Crippen molar-refractivity contribution in [3.8, 4) is 0 Å². The van der Waals surface area contributed by atoms with E-state index in [1.54, 1.807) is 0 Å². The Hall–Kier alpha value is -2.51. The summed E-state index contributed by atoms with van der Waals surface area (Å²) in [6.07, 6.45) is 2.58.